The molecule has 0 aromatic heterocycles. The summed E-state index contributed by atoms with van der Waals surface area (Å²) in [6.07, 6.45) is 15.5. The SMILES string of the molecule is COC1CCC(CC[NH+]2C(N)C(C(=O)NCCC3CCCCC3)CC3C(=O)N4CCCCC4NC32)CC1OC. The molecule has 0 bridgehead atoms. The van der Waals surface area contributed by atoms with Gasteiger partial charge in [-0.2, -0.15) is 0 Å². The van der Waals surface area contributed by atoms with Crippen LogP contribution in [0.4, 0.5) is 0 Å². The lowest BCUT2D eigenvalue weighted by atomic mass is 9.79. The number of likely N-dealkylation sites (tertiary alicyclic amines) is 1. The highest BCUT2D eigenvalue weighted by atomic mass is 16.5. The predicted molar refractivity (Wildman–Crippen MR) is 149 cm³/mol. The van der Waals surface area contributed by atoms with Gasteiger partial charge in [-0.05, 0) is 69.6 Å². The van der Waals surface area contributed by atoms with Gasteiger partial charge in [-0.25, -0.2) is 5.32 Å². The Labute approximate surface area is 235 Å². The van der Waals surface area contributed by atoms with Gasteiger partial charge in [-0.15, -0.1) is 0 Å². The van der Waals surface area contributed by atoms with Crippen molar-refractivity contribution in [3.05, 3.63) is 0 Å². The van der Waals surface area contributed by atoms with Crippen molar-refractivity contribution in [2.24, 2.45) is 29.4 Å². The van der Waals surface area contributed by atoms with Crippen LogP contribution in [0.15, 0.2) is 0 Å². The van der Waals surface area contributed by atoms with Crippen molar-refractivity contribution in [2.45, 2.75) is 121 Å². The first-order valence-electron chi connectivity index (χ1n) is 16.0. The highest BCUT2D eigenvalue weighted by molar-refractivity contribution is 5.83. The van der Waals surface area contributed by atoms with Crippen molar-refractivity contribution in [3.63, 3.8) is 0 Å². The molecular formula is C30H54N5O4+. The molecule has 5 rings (SSSR count). The zero-order chi connectivity index (χ0) is 27.4. The smallest absolute Gasteiger partial charge is 0.234 e. The molecule has 5 aliphatic rings. The monoisotopic (exact) mass is 548 g/mol. The third-order valence-electron chi connectivity index (χ3n) is 10.8. The van der Waals surface area contributed by atoms with E-state index in [4.69, 9.17) is 15.2 Å². The molecule has 0 spiro atoms. The van der Waals surface area contributed by atoms with E-state index in [2.05, 4.69) is 10.6 Å². The summed E-state index contributed by atoms with van der Waals surface area (Å²) in [5, 5.41) is 7.09. The number of hydrogen-bond donors (Lipinski definition) is 4. The van der Waals surface area contributed by atoms with Crippen molar-refractivity contribution in [2.75, 3.05) is 33.9 Å². The van der Waals surface area contributed by atoms with Gasteiger partial charge in [0, 0.05) is 27.3 Å². The van der Waals surface area contributed by atoms with Gasteiger partial charge in [-0.3, -0.25) is 15.3 Å². The molecule has 2 aliphatic carbocycles. The molecule has 9 atom stereocenters. The minimum atomic E-state index is -0.337. The number of piperidine rings is 2. The van der Waals surface area contributed by atoms with E-state index in [-0.39, 0.29) is 54.4 Å². The van der Waals surface area contributed by atoms with Crippen LogP contribution in [0.3, 0.4) is 0 Å². The first-order chi connectivity index (χ1) is 19.0. The third kappa shape index (κ3) is 6.64. The minimum Gasteiger partial charge on any atom is -0.379 e. The zero-order valence-corrected chi connectivity index (χ0v) is 24.4. The van der Waals surface area contributed by atoms with Gasteiger partial charge in [0.25, 0.3) is 0 Å². The fourth-order valence-corrected chi connectivity index (χ4v) is 8.47. The Balaban J connectivity index is 1.25. The normalized spacial score (nSPS) is 39.6. The fourth-order valence-electron chi connectivity index (χ4n) is 8.47. The highest BCUT2D eigenvalue weighted by Gasteiger charge is 2.55. The molecule has 9 unspecified atom stereocenters. The van der Waals surface area contributed by atoms with Crippen LogP contribution in [0.2, 0.25) is 0 Å². The van der Waals surface area contributed by atoms with Crippen LogP contribution in [0, 0.1) is 23.7 Å². The summed E-state index contributed by atoms with van der Waals surface area (Å²) in [4.78, 5) is 30.5. The number of fused-ring (bicyclic) bond motifs is 2. The maximum absolute atomic E-state index is 13.8. The van der Waals surface area contributed by atoms with Crippen LogP contribution in [0.1, 0.15) is 89.9 Å². The number of carbonyl (C=O) groups excluding carboxylic acids is 2. The number of rotatable bonds is 9. The Morgan fingerprint density at radius 1 is 0.974 bits per heavy atom. The van der Waals surface area contributed by atoms with Crippen LogP contribution in [-0.2, 0) is 19.1 Å². The Hall–Kier alpha value is -1.26. The van der Waals surface area contributed by atoms with E-state index in [0.717, 1.165) is 76.9 Å². The van der Waals surface area contributed by atoms with E-state index in [9.17, 15) is 9.59 Å². The summed E-state index contributed by atoms with van der Waals surface area (Å²) >= 11 is 0. The number of quaternary nitrogens is 1. The Bertz CT molecular complexity index is 823. The highest BCUT2D eigenvalue weighted by Crippen LogP contribution is 2.32. The number of carbonyl (C=O) groups is 2. The van der Waals surface area contributed by atoms with Gasteiger partial charge in [0.15, 0.2) is 12.3 Å². The number of nitrogens with zero attached hydrogens (tertiary/aromatic N) is 1. The summed E-state index contributed by atoms with van der Waals surface area (Å²) in [5.74, 6) is 1.01. The van der Waals surface area contributed by atoms with Crippen molar-refractivity contribution >= 4 is 11.8 Å². The van der Waals surface area contributed by atoms with Crippen LogP contribution < -0.4 is 21.3 Å². The average Bonchev–Trinajstić information content (AvgIpc) is 2.97. The fraction of sp³-hybridized carbons (Fsp3) is 0.933. The minimum absolute atomic E-state index is 0.0216. The zero-order valence-electron chi connectivity index (χ0n) is 24.4. The molecule has 222 valence electrons. The molecule has 2 saturated carbocycles. The van der Waals surface area contributed by atoms with E-state index in [1.807, 2.05) is 4.90 Å². The Kier molecular flexibility index (Phi) is 10.2. The Morgan fingerprint density at radius 3 is 2.51 bits per heavy atom. The van der Waals surface area contributed by atoms with Gasteiger partial charge in [0.2, 0.25) is 11.8 Å². The van der Waals surface area contributed by atoms with Crippen LogP contribution >= 0.6 is 0 Å². The third-order valence-corrected chi connectivity index (χ3v) is 10.8. The average molecular weight is 549 g/mol. The molecule has 3 heterocycles. The van der Waals surface area contributed by atoms with Crippen LogP contribution in [-0.4, -0.2) is 81.3 Å². The maximum Gasteiger partial charge on any atom is 0.234 e. The summed E-state index contributed by atoms with van der Waals surface area (Å²) in [6.45, 7) is 2.40. The van der Waals surface area contributed by atoms with E-state index in [1.165, 1.54) is 37.0 Å². The molecule has 9 heteroatoms. The second kappa shape index (κ2) is 13.6. The number of nitrogens with two attached hydrogens (primary N) is 1. The number of ether oxygens (including phenoxy) is 2. The first kappa shape index (κ1) is 29.2. The van der Waals surface area contributed by atoms with Gasteiger partial charge in [0.05, 0.1) is 24.9 Å². The van der Waals surface area contributed by atoms with E-state index in [0.29, 0.717) is 12.3 Å². The number of amides is 2. The standard InChI is InChI=1S/C30H53N5O4/c1-38-24-12-11-21(18-25(24)39-2)14-17-35-27(31)22(29(36)32-15-13-20-8-4-3-5-9-20)19-23-28(35)33-26-10-6-7-16-34(26)30(23)37/h20-28,33H,3-19,31H2,1-2H3,(H,32,36)/p+1. The molecule has 3 aliphatic heterocycles. The second-order valence-corrected chi connectivity index (χ2v) is 13.1. The van der Waals surface area contributed by atoms with Crippen molar-refractivity contribution in [3.8, 4) is 0 Å². The van der Waals surface area contributed by atoms with E-state index < -0.39 is 0 Å². The van der Waals surface area contributed by atoms with E-state index in [1.54, 1.807) is 14.2 Å². The van der Waals surface area contributed by atoms with E-state index >= 15 is 0 Å². The summed E-state index contributed by atoms with van der Waals surface area (Å²) in [6, 6.07) is 0. The van der Waals surface area contributed by atoms with Gasteiger partial charge < -0.3 is 24.6 Å². The molecule has 5 N–H and O–H groups in total. The predicted octanol–water partition coefficient (Wildman–Crippen LogP) is 1.37. The lowest BCUT2D eigenvalue weighted by molar-refractivity contribution is -0.965. The van der Waals surface area contributed by atoms with Crippen molar-refractivity contribution in [1.82, 2.24) is 15.5 Å². The topological polar surface area (TPSA) is 110 Å². The molecule has 9 nitrogen and oxygen atoms in total. The molecular weight excluding hydrogens is 494 g/mol. The van der Waals surface area contributed by atoms with Crippen molar-refractivity contribution in [1.29, 1.82) is 0 Å². The molecule has 0 aromatic carbocycles. The van der Waals surface area contributed by atoms with Gasteiger partial charge >= 0.3 is 0 Å². The number of nitrogens with one attached hydrogen (secondary N) is 3. The second-order valence-electron chi connectivity index (χ2n) is 13.1. The van der Waals surface area contributed by atoms with Crippen LogP contribution in [0.25, 0.3) is 0 Å². The molecule has 0 radical (unpaired) electrons. The molecule has 39 heavy (non-hydrogen) atoms. The lowest BCUT2D eigenvalue weighted by Gasteiger charge is -2.53. The van der Waals surface area contributed by atoms with Crippen molar-refractivity contribution < 1.29 is 24.0 Å². The van der Waals surface area contributed by atoms with Gasteiger partial charge in [0.1, 0.15) is 11.8 Å². The first-order valence-corrected chi connectivity index (χ1v) is 16.0. The summed E-state index contributed by atoms with van der Waals surface area (Å²) in [5.41, 5.74) is 6.96. The Morgan fingerprint density at radius 2 is 1.74 bits per heavy atom. The number of methoxy groups -OCH3 is 2. The summed E-state index contributed by atoms with van der Waals surface area (Å²) < 4.78 is 11.4. The largest absolute Gasteiger partial charge is 0.379 e. The summed E-state index contributed by atoms with van der Waals surface area (Å²) in [7, 11) is 3.55. The molecule has 0 aromatic rings. The maximum atomic E-state index is 13.8. The number of hydrogen-bond acceptors (Lipinski definition) is 6. The molecule has 2 amide bonds. The van der Waals surface area contributed by atoms with Gasteiger partial charge in [-0.1, -0.05) is 32.1 Å². The quantitative estimate of drug-likeness (QED) is 0.347. The lowest BCUT2D eigenvalue weighted by Crippen LogP contribution is -3.26. The van der Waals surface area contributed by atoms with Crippen LogP contribution in [0.5, 0.6) is 0 Å². The molecule has 5 fully saturated rings. The molecule has 3 saturated heterocycles.